The number of anilines is 2. The number of nitrogens with one attached hydrogen (secondary N) is 1. The predicted octanol–water partition coefficient (Wildman–Crippen LogP) is 2.35. The third-order valence-corrected chi connectivity index (χ3v) is 7.61. The van der Waals surface area contributed by atoms with E-state index in [9.17, 15) is 22.8 Å². The Hall–Kier alpha value is -2.64. The monoisotopic (exact) mass is 553 g/mol. The molecule has 1 saturated heterocycles. The minimum Gasteiger partial charge on any atom is -0.354 e. The summed E-state index contributed by atoms with van der Waals surface area (Å²) in [5, 5.41) is 2.60. The molecule has 0 radical (unpaired) electrons. The number of methoxy groups -OCH3 is 2. The largest absolute Gasteiger partial charge is 0.354 e. The van der Waals surface area contributed by atoms with Gasteiger partial charge < -0.3 is 14.8 Å². The molecular weight excluding hydrogens is 530 g/mol. The van der Waals surface area contributed by atoms with Gasteiger partial charge in [-0.25, -0.2) is 13.3 Å². The minimum atomic E-state index is -4.19. The molecule has 0 aromatic heterocycles. The molecule has 1 atom stereocenters. The fraction of sp³-hybridized carbons (Fsp3) is 0.318. The first-order valence-corrected chi connectivity index (χ1v) is 12.4. The molecule has 1 unspecified atom stereocenters. The SMILES string of the molecule is COC(CN(C1CC(=O)N(c2ccc(NC(C)=O)cc2)C1=O)S(=O)(=O)c1ccc(Br)cc1)OC. The molecule has 1 fully saturated rings. The van der Waals surface area contributed by atoms with E-state index in [-0.39, 0.29) is 29.5 Å². The number of halogens is 1. The quantitative estimate of drug-likeness (QED) is 0.373. The summed E-state index contributed by atoms with van der Waals surface area (Å²) >= 11 is 3.27. The first-order valence-electron chi connectivity index (χ1n) is 10.2. The van der Waals surface area contributed by atoms with Crippen LogP contribution in [-0.2, 0) is 33.9 Å². The van der Waals surface area contributed by atoms with Crippen molar-refractivity contribution >= 4 is 55.0 Å². The van der Waals surface area contributed by atoms with Gasteiger partial charge >= 0.3 is 0 Å². The Kier molecular flexibility index (Phi) is 8.21. The van der Waals surface area contributed by atoms with Crippen LogP contribution < -0.4 is 10.2 Å². The van der Waals surface area contributed by atoms with Crippen molar-refractivity contribution in [2.75, 3.05) is 31.0 Å². The summed E-state index contributed by atoms with van der Waals surface area (Å²) in [6.45, 7) is 1.06. The van der Waals surface area contributed by atoms with Crippen molar-refractivity contribution in [1.82, 2.24) is 4.31 Å². The zero-order valence-electron chi connectivity index (χ0n) is 18.7. The fourth-order valence-electron chi connectivity index (χ4n) is 3.54. The Morgan fingerprint density at radius 2 is 1.71 bits per heavy atom. The van der Waals surface area contributed by atoms with Crippen molar-refractivity contribution < 1.29 is 32.3 Å². The van der Waals surface area contributed by atoms with Gasteiger partial charge in [0.1, 0.15) is 6.04 Å². The minimum absolute atomic E-state index is 0.0417. The number of rotatable bonds is 9. The molecule has 2 aromatic rings. The number of nitrogens with zero attached hydrogens (tertiary/aromatic N) is 2. The number of amides is 3. The number of hydrogen-bond donors (Lipinski definition) is 1. The first kappa shape index (κ1) is 26.0. The Balaban J connectivity index is 1.96. The van der Waals surface area contributed by atoms with Gasteiger partial charge in [0.25, 0.3) is 5.91 Å². The van der Waals surface area contributed by atoms with Gasteiger partial charge in [-0.05, 0) is 48.5 Å². The topological polar surface area (TPSA) is 122 Å². The summed E-state index contributed by atoms with van der Waals surface area (Å²) in [5.74, 6) is -1.51. The summed E-state index contributed by atoms with van der Waals surface area (Å²) in [6.07, 6.45) is -1.30. The molecule has 10 nitrogen and oxygen atoms in total. The highest BCUT2D eigenvalue weighted by atomic mass is 79.9. The molecule has 1 aliphatic heterocycles. The van der Waals surface area contributed by atoms with E-state index >= 15 is 0 Å². The average Bonchev–Trinajstić information content (AvgIpc) is 3.08. The van der Waals surface area contributed by atoms with Crippen LogP contribution in [0.1, 0.15) is 13.3 Å². The van der Waals surface area contributed by atoms with E-state index in [0.717, 1.165) is 9.21 Å². The smallest absolute Gasteiger partial charge is 0.252 e. The van der Waals surface area contributed by atoms with Crippen LogP contribution in [0, 0.1) is 0 Å². The number of carbonyl (C=O) groups is 3. The average molecular weight is 554 g/mol. The number of hydrogen-bond acceptors (Lipinski definition) is 7. The Morgan fingerprint density at radius 3 is 2.24 bits per heavy atom. The lowest BCUT2D eigenvalue weighted by atomic mass is 10.2. The molecule has 1 N–H and O–H groups in total. The molecule has 1 aliphatic rings. The molecule has 0 spiro atoms. The fourth-order valence-corrected chi connectivity index (χ4v) is 5.37. The molecule has 0 aliphatic carbocycles. The van der Waals surface area contributed by atoms with E-state index in [1.54, 1.807) is 24.3 Å². The zero-order valence-corrected chi connectivity index (χ0v) is 21.1. The first-order chi connectivity index (χ1) is 16.1. The second-order valence-corrected chi connectivity index (χ2v) is 10.3. The highest BCUT2D eigenvalue weighted by molar-refractivity contribution is 9.10. The second kappa shape index (κ2) is 10.7. The lowest BCUT2D eigenvalue weighted by Crippen LogP contribution is -2.49. The number of ether oxygens (including phenoxy) is 2. The third kappa shape index (κ3) is 5.53. The van der Waals surface area contributed by atoms with Gasteiger partial charge in [0, 0.05) is 31.3 Å². The molecule has 0 saturated carbocycles. The molecule has 3 rings (SSSR count). The maximum Gasteiger partial charge on any atom is 0.252 e. The summed E-state index contributed by atoms with van der Waals surface area (Å²) in [4.78, 5) is 38.3. The van der Waals surface area contributed by atoms with Gasteiger partial charge in [0.05, 0.1) is 23.5 Å². The normalized spacial score (nSPS) is 16.5. The molecule has 12 heteroatoms. The van der Waals surface area contributed by atoms with Gasteiger partial charge in [-0.2, -0.15) is 4.31 Å². The third-order valence-electron chi connectivity index (χ3n) is 5.19. The van der Waals surface area contributed by atoms with Gasteiger partial charge in [-0.3, -0.25) is 14.4 Å². The number of benzene rings is 2. The summed E-state index contributed by atoms with van der Waals surface area (Å²) in [7, 11) is -1.49. The van der Waals surface area contributed by atoms with Gasteiger partial charge in [0.2, 0.25) is 21.8 Å². The Labute approximate surface area is 206 Å². The Bertz CT molecular complexity index is 1170. The van der Waals surface area contributed by atoms with Crippen LogP contribution in [0.2, 0.25) is 0 Å². The molecule has 1 heterocycles. The van der Waals surface area contributed by atoms with E-state index in [1.165, 1.54) is 45.4 Å². The maximum absolute atomic E-state index is 13.5. The standard InChI is InChI=1S/C22H24BrN3O7S/c1-14(27)24-16-6-8-17(9-7-16)26-20(28)12-19(22(26)29)25(13-21(32-2)33-3)34(30,31)18-10-4-15(23)5-11-18/h4-11,19,21H,12-13H2,1-3H3,(H,24,27). The van der Waals surface area contributed by atoms with E-state index < -0.39 is 34.2 Å². The second-order valence-electron chi connectivity index (χ2n) is 7.44. The van der Waals surface area contributed by atoms with Crippen molar-refractivity contribution in [2.45, 2.75) is 30.6 Å². The van der Waals surface area contributed by atoms with Crippen molar-refractivity contribution in [3.63, 3.8) is 0 Å². The Morgan fingerprint density at radius 1 is 1.12 bits per heavy atom. The number of carbonyl (C=O) groups excluding carboxylic acids is 3. The molecule has 34 heavy (non-hydrogen) atoms. The van der Waals surface area contributed by atoms with Crippen LogP contribution >= 0.6 is 15.9 Å². The van der Waals surface area contributed by atoms with Crippen LogP contribution in [-0.4, -0.2) is 63.5 Å². The number of sulfonamides is 1. The number of imide groups is 1. The predicted molar refractivity (Wildman–Crippen MR) is 127 cm³/mol. The van der Waals surface area contributed by atoms with E-state index in [1.807, 2.05) is 0 Å². The van der Waals surface area contributed by atoms with E-state index in [0.29, 0.717) is 10.2 Å². The van der Waals surface area contributed by atoms with Gasteiger partial charge in [-0.1, -0.05) is 15.9 Å². The molecule has 182 valence electrons. The van der Waals surface area contributed by atoms with Crippen LogP contribution in [0.4, 0.5) is 11.4 Å². The maximum atomic E-state index is 13.5. The van der Waals surface area contributed by atoms with Crippen molar-refractivity contribution in [2.24, 2.45) is 0 Å². The lowest BCUT2D eigenvalue weighted by molar-refractivity contribution is -0.126. The molecule has 3 amide bonds. The van der Waals surface area contributed by atoms with Crippen molar-refractivity contribution in [3.05, 3.63) is 53.0 Å². The highest BCUT2D eigenvalue weighted by Gasteiger charge is 2.47. The van der Waals surface area contributed by atoms with Crippen molar-refractivity contribution in [3.8, 4) is 0 Å². The molecular formula is C22H24BrN3O7S. The van der Waals surface area contributed by atoms with Crippen molar-refractivity contribution in [1.29, 1.82) is 0 Å². The van der Waals surface area contributed by atoms with E-state index in [2.05, 4.69) is 21.2 Å². The van der Waals surface area contributed by atoms with E-state index in [4.69, 9.17) is 9.47 Å². The van der Waals surface area contributed by atoms with Crippen LogP contribution in [0.3, 0.4) is 0 Å². The highest BCUT2D eigenvalue weighted by Crippen LogP contribution is 2.30. The summed E-state index contributed by atoms with van der Waals surface area (Å²) < 4.78 is 39.0. The molecule has 2 aromatic carbocycles. The van der Waals surface area contributed by atoms with Gasteiger partial charge in [-0.15, -0.1) is 0 Å². The van der Waals surface area contributed by atoms with Crippen LogP contribution in [0.5, 0.6) is 0 Å². The lowest BCUT2D eigenvalue weighted by Gasteiger charge is -2.29. The van der Waals surface area contributed by atoms with Crippen LogP contribution in [0.25, 0.3) is 0 Å². The molecule has 0 bridgehead atoms. The summed E-state index contributed by atoms with van der Waals surface area (Å²) in [5.41, 5.74) is 0.761. The van der Waals surface area contributed by atoms with Crippen LogP contribution in [0.15, 0.2) is 57.9 Å². The van der Waals surface area contributed by atoms with Gasteiger partial charge in [0.15, 0.2) is 6.29 Å². The summed E-state index contributed by atoms with van der Waals surface area (Å²) in [6, 6.07) is 10.8. The zero-order chi connectivity index (χ0) is 25.0.